The molecule has 0 saturated carbocycles. The molecule has 9 heteroatoms. The van der Waals surface area contributed by atoms with E-state index in [0.29, 0.717) is 0 Å². The fraction of sp³-hybridized carbons (Fsp3) is 0.632. The third kappa shape index (κ3) is 2.96. The first-order valence-corrected chi connectivity index (χ1v) is 10.6. The maximum atomic E-state index is 12.4. The van der Waals surface area contributed by atoms with E-state index in [-0.39, 0.29) is 40.8 Å². The van der Waals surface area contributed by atoms with Gasteiger partial charge in [-0.15, -0.1) is 11.8 Å². The van der Waals surface area contributed by atoms with Gasteiger partial charge in [-0.25, -0.2) is 9.78 Å². The van der Waals surface area contributed by atoms with Crippen molar-refractivity contribution >= 4 is 23.6 Å². The smallest absolute Gasteiger partial charge is 0.353 e. The van der Waals surface area contributed by atoms with Gasteiger partial charge in [0.25, 0.3) is 0 Å². The molecular weight excluding hydrogens is 380 g/mol. The topological polar surface area (TPSA) is 119 Å². The molecule has 1 aromatic rings. The van der Waals surface area contributed by atoms with Crippen LogP contribution in [0.4, 0.5) is 0 Å². The summed E-state index contributed by atoms with van der Waals surface area (Å²) < 4.78 is 0. The molecule has 4 N–H and O–H groups in total. The second kappa shape index (κ2) is 7.20. The number of aliphatic hydroxyl groups excluding tert-OH is 1. The summed E-state index contributed by atoms with van der Waals surface area (Å²) in [7, 11) is 0. The Morgan fingerprint density at radius 1 is 1.43 bits per heavy atom. The average molecular weight is 407 g/mol. The first-order chi connectivity index (χ1) is 13.3. The number of aromatic nitrogens is 2. The monoisotopic (exact) mass is 406 g/mol. The third-order valence-electron chi connectivity index (χ3n) is 6.34. The highest BCUT2D eigenvalue weighted by Crippen LogP contribution is 2.52. The molecule has 4 rings (SSSR count). The molecule has 1 unspecified atom stereocenters. The fourth-order valence-corrected chi connectivity index (χ4v) is 6.29. The van der Waals surface area contributed by atoms with Gasteiger partial charge in [-0.2, -0.15) is 0 Å². The highest BCUT2D eigenvalue weighted by atomic mass is 32.2. The van der Waals surface area contributed by atoms with Crippen molar-refractivity contribution in [3.63, 3.8) is 0 Å². The van der Waals surface area contributed by atoms with Gasteiger partial charge in [-0.3, -0.25) is 4.79 Å². The highest BCUT2D eigenvalue weighted by Gasteiger charge is 2.60. The van der Waals surface area contributed by atoms with Gasteiger partial charge in [0.05, 0.1) is 24.4 Å². The summed E-state index contributed by atoms with van der Waals surface area (Å²) in [6.07, 6.45) is 3.65. The van der Waals surface area contributed by atoms with Crippen LogP contribution in [0, 0.1) is 11.8 Å². The molecule has 152 valence electrons. The van der Waals surface area contributed by atoms with Crippen molar-refractivity contribution in [2.24, 2.45) is 11.8 Å². The number of aromatic amines is 1. The number of fused-ring (bicyclic) bond motifs is 1. The molecule has 28 heavy (non-hydrogen) atoms. The van der Waals surface area contributed by atoms with Crippen molar-refractivity contribution in [2.75, 3.05) is 6.54 Å². The standard InChI is InChI=1S/C19H26N4O4S/c1-8(13-6-20-7-22-13)12-4-11(5-21-12)28-17-9(2)15-14(10(3)24)18(25)23(15)16(17)19(26)27/h6-12,14-15,21,24H,4-5H2,1-3H3,(H,20,22)(H,26,27)/t8?,9-,10-,11+,12-,14-,15-/m1/s1. The van der Waals surface area contributed by atoms with Crippen LogP contribution in [0.3, 0.4) is 0 Å². The van der Waals surface area contributed by atoms with Crippen molar-refractivity contribution in [1.82, 2.24) is 20.2 Å². The quantitative estimate of drug-likeness (QED) is 0.523. The summed E-state index contributed by atoms with van der Waals surface area (Å²) in [5, 5.41) is 23.5. The molecule has 1 amide bonds. The number of thioether (sulfide) groups is 1. The molecular formula is C19H26N4O4S. The molecule has 0 aromatic carbocycles. The normalized spacial score (nSPS) is 34.4. The van der Waals surface area contributed by atoms with Gasteiger partial charge in [0, 0.05) is 46.5 Å². The number of carboxylic acid groups (broad SMARTS) is 1. The molecule has 3 aliphatic rings. The molecule has 8 nitrogen and oxygen atoms in total. The third-order valence-corrected chi connectivity index (χ3v) is 7.85. The van der Waals surface area contributed by atoms with E-state index >= 15 is 0 Å². The van der Waals surface area contributed by atoms with E-state index < -0.39 is 18.0 Å². The Labute approximate surface area is 167 Å². The van der Waals surface area contributed by atoms with Crippen molar-refractivity contribution in [1.29, 1.82) is 0 Å². The van der Waals surface area contributed by atoms with Crippen LogP contribution in [0.1, 0.15) is 38.8 Å². The lowest BCUT2D eigenvalue weighted by Crippen LogP contribution is -2.63. The maximum absolute atomic E-state index is 12.4. The highest BCUT2D eigenvalue weighted by molar-refractivity contribution is 8.03. The van der Waals surface area contributed by atoms with Crippen LogP contribution >= 0.6 is 11.8 Å². The number of H-pyrrole nitrogens is 1. The number of nitrogens with one attached hydrogen (secondary N) is 2. The van der Waals surface area contributed by atoms with Crippen LogP contribution < -0.4 is 5.32 Å². The Morgan fingerprint density at radius 3 is 2.79 bits per heavy atom. The predicted molar refractivity (Wildman–Crippen MR) is 104 cm³/mol. The van der Waals surface area contributed by atoms with E-state index in [1.54, 1.807) is 25.0 Å². The summed E-state index contributed by atoms with van der Waals surface area (Å²) in [6, 6.07) is 0.0302. The largest absolute Gasteiger partial charge is 0.477 e. The van der Waals surface area contributed by atoms with Crippen LogP contribution in [0.25, 0.3) is 0 Å². The van der Waals surface area contributed by atoms with Gasteiger partial charge in [0.2, 0.25) is 5.91 Å². The van der Waals surface area contributed by atoms with Crippen LogP contribution in [-0.2, 0) is 9.59 Å². The summed E-state index contributed by atoms with van der Waals surface area (Å²) in [5.74, 6) is -1.67. The Kier molecular flexibility index (Phi) is 5.01. The molecule has 0 aliphatic carbocycles. The van der Waals surface area contributed by atoms with Gasteiger partial charge in [-0.1, -0.05) is 13.8 Å². The summed E-state index contributed by atoms with van der Waals surface area (Å²) in [4.78, 5) is 33.8. The van der Waals surface area contributed by atoms with Crippen LogP contribution in [0.15, 0.2) is 23.1 Å². The van der Waals surface area contributed by atoms with E-state index in [9.17, 15) is 19.8 Å². The lowest BCUT2D eigenvalue weighted by atomic mass is 9.79. The number of carbonyl (C=O) groups excluding carboxylic acids is 1. The molecule has 0 radical (unpaired) electrons. The molecule has 7 atom stereocenters. The minimum Gasteiger partial charge on any atom is -0.477 e. The van der Waals surface area contributed by atoms with Gasteiger partial charge in [-0.05, 0) is 13.3 Å². The number of β-lactam (4-membered cyclic amide) rings is 1. The zero-order valence-electron chi connectivity index (χ0n) is 16.1. The fourth-order valence-electron chi connectivity index (χ4n) is 4.79. The number of carboxylic acids is 1. The molecule has 0 bridgehead atoms. The van der Waals surface area contributed by atoms with E-state index in [4.69, 9.17) is 0 Å². The Morgan fingerprint density at radius 2 is 2.18 bits per heavy atom. The first kappa shape index (κ1) is 19.5. The van der Waals surface area contributed by atoms with Gasteiger partial charge in [0.15, 0.2) is 0 Å². The lowest BCUT2D eigenvalue weighted by Gasteiger charge is -2.46. The van der Waals surface area contributed by atoms with E-state index in [1.807, 2.05) is 13.1 Å². The van der Waals surface area contributed by atoms with Crippen LogP contribution in [0.2, 0.25) is 0 Å². The zero-order chi connectivity index (χ0) is 20.2. The SMILES string of the molecule is CC(c1cnc[nH]1)[C@H]1C[C@H](SC2=C(C(=O)O)N3C(=O)[C@H]([C@@H](C)O)[C@H]3[C@H]2C)CN1. The molecule has 3 aliphatic heterocycles. The van der Waals surface area contributed by atoms with Crippen molar-refractivity contribution in [3.8, 4) is 0 Å². The Bertz CT molecular complexity index is 809. The minimum atomic E-state index is -1.07. The predicted octanol–water partition coefficient (Wildman–Crippen LogP) is 1.13. The van der Waals surface area contributed by atoms with Crippen molar-refractivity contribution in [2.45, 2.75) is 56.5 Å². The molecule has 2 fully saturated rings. The molecule has 0 spiro atoms. The molecule has 1 aromatic heterocycles. The Balaban J connectivity index is 1.50. The number of aliphatic carboxylic acids is 1. The van der Waals surface area contributed by atoms with Crippen LogP contribution in [0.5, 0.6) is 0 Å². The first-order valence-electron chi connectivity index (χ1n) is 9.68. The molecule has 2 saturated heterocycles. The number of hydrogen-bond donors (Lipinski definition) is 4. The van der Waals surface area contributed by atoms with Crippen LogP contribution in [-0.4, -0.2) is 66.9 Å². The summed E-state index contributed by atoms with van der Waals surface area (Å²) >= 11 is 1.58. The lowest BCUT2D eigenvalue weighted by molar-refractivity contribution is -0.163. The average Bonchev–Trinajstić information content (AvgIpc) is 3.35. The number of nitrogens with zero attached hydrogens (tertiary/aromatic N) is 2. The number of carbonyl (C=O) groups is 2. The maximum Gasteiger partial charge on any atom is 0.353 e. The van der Waals surface area contributed by atoms with E-state index in [1.165, 1.54) is 4.90 Å². The summed E-state index contributed by atoms with van der Waals surface area (Å²) in [6.45, 7) is 6.50. The van der Waals surface area contributed by atoms with Gasteiger partial charge in [0.1, 0.15) is 5.70 Å². The zero-order valence-corrected chi connectivity index (χ0v) is 16.9. The summed E-state index contributed by atoms with van der Waals surface area (Å²) in [5.41, 5.74) is 1.19. The molecule has 4 heterocycles. The number of hydrogen-bond acceptors (Lipinski definition) is 6. The van der Waals surface area contributed by atoms with Gasteiger partial charge < -0.3 is 25.4 Å². The number of aliphatic hydroxyl groups is 1. The number of imidazole rings is 1. The second-order valence-electron chi connectivity index (χ2n) is 8.06. The minimum absolute atomic E-state index is 0.0857. The number of rotatable bonds is 6. The van der Waals surface area contributed by atoms with E-state index in [0.717, 1.165) is 23.6 Å². The van der Waals surface area contributed by atoms with E-state index in [2.05, 4.69) is 22.2 Å². The van der Waals surface area contributed by atoms with Gasteiger partial charge >= 0.3 is 5.97 Å². The van der Waals surface area contributed by atoms with Crippen molar-refractivity contribution in [3.05, 3.63) is 28.8 Å². The second-order valence-corrected chi connectivity index (χ2v) is 9.40. The Hall–Kier alpha value is -1.84. The van der Waals surface area contributed by atoms with Crippen molar-refractivity contribution < 1.29 is 19.8 Å². The number of amides is 1.